The molecule has 0 spiro atoms. The van der Waals surface area contributed by atoms with E-state index < -0.39 is 0 Å². The fourth-order valence-corrected chi connectivity index (χ4v) is 2.00. The second kappa shape index (κ2) is 2.92. The van der Waals surface area contributed by atoms with Crippen LogP contribution in [0.4, 0.5) is 0 Å². The van der Waals surface area contributed by atoms with Crippen molar-refractivity contribution in [3.63, 3.8) is 0 Å². The van der Waals surface area contributed by atoms with Gasteiger partial charge in [0.25, 0.3) is 0 Å². The third kappa shape index (κ3) is 1.38. The van der Waals surface area contributed by atoms with E-state index in [2.05, 4.69) is 4.98 Å². The third-order valence-corrected chi connectivity index (χ3v) is 2.78. The van der Waals surface area contributed by atoms with Gasteiger partial charge in [0.1, 0.15) is 0 Å². The number of aromatic nitrogens is 2. The van der Waals surface area contributed by atoms with Crippen LogP contribution in [-0.2, 0) is 7.05 Å². The van der Waals surface area contributed by atoms with Gasteiger partial charge in [-0.05, 0) is 12.1 Å². The highest BCUT2D eigenvalue weighted by Crippen LogP contribution is 2.29. The van der Waals surface area contributed by atoms with Gasteiger partial charge in [0.05, 0.1) is 21.2 Å². The SMILES string of the molecule is Cn1cnc(-c2ccc(Cl)s2)c1. The molecule has 0 N–H and O–H groups in total. The molecular weight excluding hydrogens is 192 g/mol. The summed E-state index contributed by atoms with van der Waals surface area (Å²) in [6.45, 7) is 0. The van der Waals surface area contributed by atoms with Crippen molar-refractivity contribution in [1.29, 1.82) is 0 Å². The first-order valence-electron chi connectivity index (χ1n) is 3.49. The molecule has 0 radical (unpaired) electrons. The van der Waals surface area contributed by atoms with E-state index in [9.17, 15) is 0 Å². The molecular formula is C8H7ClN2S. The molecule has 12 heavy (non-hydrogen) atoms. The topological polar surface area (TPSA) is 17.8 Å². The summed E-state index contributed by atoms with van der Waals surface area (Å²) >= 11 is 7.34. The number of halogens is 1. The lowest BCUT2D eigenvalue weighted by molar-refractivity contribution is 0.913. The van der Waals surface area contributed by atoms with E-state index >= 15 is 0 Å². The van der Waals surface area contributed by atoms with Crippen molar-refractivity contribution in [2.75, 3.05) is 0 Å². The molecule has 0 aliphatic heterocycles. The average molecular weight is 199 g/mol. The minimum absolute atomic E-state index is 0.802. The van der Waals surface area contributed by atoms with E-state index in [0.717, 1.165) is 14.9 Å². The van der Waals surface area contributed by atoms with Crippen LogP contribution in [0.3, 0.4) is 0 Å². The molecule has 0 saturated heterocycles. The van der Waals surface area contributed by atoms with Gasteiger partial charge in [0, 0.05) is 13.2 Å². The van der Waals surface area contributed by atoms with Gasteiger partial charge in [-0.1, -0.05) is 11.6 Å². The van der Waals surface area contributed by atoms with Crippen molar-refractivity contribution in [1.82, 2.24) is 9.55 Å². The minimum atomic E-state index is 0.802. The van der Waals surface area contributed by atoms with E-state index in [4.69, 9.17) is 11.6 Å². The molecule has 2 heterocycles. The van der Waals surface area contributed by atoms with Crippen LogP contribution in [0.1, 0.15) is 0 Å². The highest BCUT2D eigenvalue weighted by atomic mass is 35.5. The van der Waals surface area contributed by atoms with Gasteiger partial charge in [-0.25, -0.2) is 4.98 Å². The number of nitrogens with zero attached hydrogens (tertiary/aromatic N) is 2. The maximum Gasteiger partial charge on any atom is 0.0982 e. The predicted molar refractivity (Wildman–Crippen MR) is 51.5 cm³/mol. The smallest absolute Gasteiger partial charge is 0.0982 e. The first kappa shape index (κ1) is 7.83. The highest BCUT2D eigenvalue weighted by molar-refractivity contribution is 7.19. The molecule has 0 unspecified atom stereocenters. The summed E-state index contributed by atoms with van der Waals surface area (Å²) in [6.07, 6.45) is 3.76. The molecule has 0 aliphatic carbocycles. The van der Waals surface area contributed by atoms with Gasteiger partial charge < -0.3 is 4.57 Å². The standard InChI is InChI=1S/C8H7ClN2S/c1-11-4-6(10-5-11)7-2-3-8(9)12-7/h2-5H,1H3. The van der Waals surface area contributed by atoms with Crippen LogP contribution in [0.25, 0.3) is 10.6 Å². The zero-order valence-electron chi connectivity index (χ0n) is 6.49. The van der Waals surface area contributed by atoms with Gasteiger partial charge in [0.2, 0.25) is 0 Å². The largest absolute Gasteiger partial charge is 0.340 e. The normalized spacial score (nSPS) is 10.5. The third-order valence-electron chi connectivity index (χ3n) is 1.53. The van der Waals surface area contributed by atoms with Crippen LogP contribution >= 0.6 is 22.9 Å². The number of hydrogen-bond donors (Lipinski definition) is 0. The Balaban J connectivity index is 2.43. The van der Waals surface area contributed by atoms with Gasteiger partial charge in [0.15, 0.2) is 0 Å². The first-order chi connectivity index (χ1) is 5.75. The highest BCUT2D eigenvalue weighted by Gasteiger charge is 2.02. The fraction of sp³-hybridized carbons (Fsp3) is 0.125. The van der Waals surface area contributed by atoms with Crippen molar-refractivity contribution >= 4 is 22.9 Å². The molecule has 0 fully saturated rings. The van der Waals surface area contributed by atoms with Crippen molar-refractivity contribution in [3.8, 4) is 10.6 Å². The van der Waals surface area contributed by atoms with Crippen LogP contribution in [0.2, 0.25) is 4.34 Å². The second-order valence-corrected chi connectivity index (χ2v) is 4.24. The summed E-state index contributed by atoms with van der Waals surface area (Å²) in [5.74, 6) is 0. The molecule has 0 amide bonds. The number of imidazole rings is 1. The number of hydrogen-bond acceptors (Lipinski definition) is 2. The van der Waals surface area contributed by atoms with Crippen molar-refractivity contribution < 1.29 is 0 Å². The maximum atomic E-state index is 5.80. The Morgan fingerprint density at radius 3 is 2.83 bits per heavy atom. The Hall–Kier alpha value is -0.800. The average Bonchev–Trinajstić information content (AvgIpc) is 2.58. The Labute approximate surface area is 79.4 Å². The first-order valence-corrected chi connectivity index (χ1v) is 4.69. The Kier molecular flexibility index (Phi) is 1.90. The van der Waals surface area contributed by atoms with Crippen LogP contribution < -0.4 is 0 Å². The van der Waals surface area contributed by atoms with E-state index in [1.165, 1.54) is 0 Å². The van der Waals surface area contributed by atoms with E-state index in [1.54, 1.807) is 17.7 Å². The zero-order valence-corrected chi connectivity index (χ0v) is 8.06. The van der Waals surface area contributed by atoms with Gasteiger partial charge in [-0.2, -0.15) is 0 Å². The predicted octanol–water partition coefficient (Wildman–Crippen LogP) is 2.80. The van der Waals surface area contributed by atoms with Crippen molar-refractivity contribution in [2.45, 2.75) is 0 Å². The number of aryl methyl sites for hydroxylation is 1. The molecule has 0 aromatic carbocycles. The summed E-state index contributed by atoms with van der Waals surface area (Å²) in [5, 5.41) is 0. The summed E-state index contributed by atoms with van der Waals surface area (Å²) < 4.78 is 2.72. The molecule has 4 heteroatoms. The Morgan fingerprint density at radius 1 is 1.50 bits per heavy atom. The molecule has 2 rings (SSSR count). The summed E-state index contributed by atoms with van der Waals surface area (Å²) in [5.41, 5.74) is 0.981. The molecule has 0 bridgehead atoms. The molecule has 0 aliphatic rings. The summed E-state index contributed by atoms with van der Waals surface area (Å²) in [4.78, 5) is 5.33. The Bertz CT molecular complexity index is 353. The molecule has 0 saturated carbocycles. The lowest BCUT2D eigenvalue weighted by atomic mass is 10.4. The summed E-state index contributed by atoms with van der Waals surface area (Å²) in [7, 11) is 1.95. The fourth-order valence-electron chi connectivity index (χ4n) is 0.992. The second-order valence-electron chi connectivity index (χ2n) is 2.53. The van der Waals surface area contributed by atoms with Crippen molar-refractivity contribution in [2.24, 2.45) is 7.05 Å². The van der Waals surface area contributed by atoms with Crippen LogP contribution in [0.15, 0.2) is 24.7 Å². The molecule has 2 nitrogen and oxygen atoms in total. The van der Waals surface area contributed by atoms with E-state index in [1.807, 2.05) is 29.9 Å². The van der Waals surface area contributed by atoms with Gasteiger partial charge in [-0.3, -0.25) is 0 Å². The Morgan fingerprint density at radius 2 is 2.33 bits per heavy atom. The van der Waals surface area contributed by atoms with Crippen LogP contribution in [0.5, 0.6) is 0 Å². The quantitative estimate of drug-likeness (QED) is 0.689. The summed E-state index contributed by atoms with van der Waals surface area (Å²) in [6, 6.07) is 3.87. The lowest BCUT2D eigenvalue weighted by Gasteiger charge is -1.86. The van der Waals surface area contributed by atoms with Crippen molar-refractivity contribution in [3.05, 3.63) is 29.0 Å². The molecule has 2 aromatic heterocycles. The molecule has 2 aromatic rings. The molecule has 0 atom stereocenters. The van der Waals surface area contributed by atoms with Gasteiger partial charge in [-0.15, -0.1) is 11.3 Å². The number of rotatable bonds is 1. The zero-order chi connectivity index (χ0) is 8.55. The minimum Gasteiger partial charge on any atom is -0.340 e. The van der Waals surface area contributed by atoms with Crippen LogP contribution in [-0.4, -0.2) is 9.55 Å². The lowest BCUT2D eigenvalue weighted by Crippen LogP contribution is -1.77. The maximum absolute atomic E-state index is 5.80. The van der Waals surface area contributed by atoms with Crippen LogP contribution in [0, 0.1) is 0 Å². The monoisotopic (exact) mass is 198 g/mol. The molecule has 62 valence electrons. The van der Waals surface area contributed by atoms with E-state index in [0.29, 0.717) is 0 Å². The number of thiophene rings is 1. The van der Waals surface area contributed by atoms with Gasteiger partial charge >= 0.3 is 0 Å². The van der Waals surface area contributed by atoms with E-state index in [-0.39, 0.29) is 0 Å².